The molecular weight excluding hydrogens is 398 g/mol. The first-order valence-corrected chi connectivity index (χ1v) is 9.67. The molecule has 0 unspecified atom stereocenters. The van der Waals surface area contributed by atoms with Crippen molar-refractivity contribution in [2.75, 3.05) is 12.4 Å². The van der Waals surface area contributed by atoms with E-state index in [1.165, 1.54) is 7.11 Å². The molecule has 4 rings (SSSR count). The fraction of sp³-hybridized carbons (Fsp3) is 0.0870. The van der Waals surface area contributed by atoms with E-state index in [0.29, 0.717) is 22.9 Å². The number of rotatable bonds is 4. The van der Waals surface area contributed by atoms with Gasteiger partial charge in [-0.3, -0.25) is 10.1 Å². The van der Waals surface area contributed by atoms with Crippen molar-refractivity contribution in [2.24, 2.45) is 0 Å². The van der Waals surface area contributed by atoms with Gasteiger partial charge in [-0.1, -0.05) is 24.3 Å². The molecule has 0 atom stereocenters. The number of carbonyl (C=O) groups excluding carboxylic acids is 1. The molecule has 0 aliphatic heterocycles. The van der Waals surface area contributed by atoms with Crippen molar-refractivity contribution in [3.63, 3.8) is 0 Å². The number of carbonyl (C=O) groups is 1. The summed E-state index contributed by atoms with van der Waals surface area (Å²) >= 11 is 5.30. The van der Waals surface area contributed by atoms with Gasteiger partial charge in [0.2, 0.25) is 5.89 Å². The second kappa shape index (κ2) is 8.34. The van der Waals surface area contributed by atoms with Crippen molar-refractivity contribution in [1.82, 2.24) is 10.3 Å². The molecule has 0 saturated heterocycles. The van der Waals surface area contributed by atoms with E-state index in [4.69, 9.17) is 21.4 Å². The van der Waals surface area contributed by atoms with Crippen molar-refractivity contribution >= 4 is 40.0 Å². The number of aromatic nitrogens is 1. The summed E-state index contributed by atoms with van der Waals surface area (Å²) in [5.41, 5.74) is 4.56. The minimum atomic E-state index is -0.351. The third kappa shape index (κ3) is 4.16. The summed E-state index contributed by atoms with van der Waals surface area (Å²) in [6.07, 6.45) is 0. The number of nitrogens with one attached hydrogen (secondary N) is 2. The van der Waals surface area contributed by atoms with Crippen LogP contribution in [-0.4, -0.2) is 23.1 Å². The van der Waals surface area contributed by atoms with Crippen LogP contribution < -0.4 is 15.4 Å². The van der Waals surface area contributed by atoms with Crippen molar-refractivity contribution in [1.29, 1.82) is 0 Å². The molecule has 0 spiro atoms. The summed E-state index contributed by atoms with van der Waals surface area (Å²) in [4.78, 5) is 17.1. The minimum absolute atomic E-state index is 0.177. The largest absolute Gasteiger partial charge is 0.496 e. The van der Waals surface area contributed by atoms with Crippen molar-refractivity contribution in [2.45, 2.75) is 6.92 Å². The maximum atomic E-state index is 12.5. The van der Waals surface area contributed by atoms with Crippen LogP contribution in [0.25, 0.3) is 22.6 Å². The zero-order valence-electron chi connectivity index (χ0n) is 16.4. The number of thiocarbonyl (C=S) groups is 1. The van der Waals surface area contributed by atoms with Crippen molar-refractivity contribution in [3.05, 3.63) is 77.9 Å². The molecule has 6 nitrogen and oxygen atoms in total. The van der Waals surface area contributed by atoms with Gasteiger partial charge in [0.05, 0.1) is 12.7 Å². The maximum absolute atomic E-state index is 12.5. The molecule has 0 aliphatic rings. The number of anilines is 1. The van der Waals surface area contributed by atoms with E-state index >= 15 is 0 Å². The van der Waals surface area contributed by atoms with E-state index in [-0.39, 0.29) is 11.0 Å². The second-order valence-corrected chi connectivity index (χ2v) is 7.09. The molecule has 0 fully saturated rings. The molecule has 150 valence electrons. The molecule has 1 aromatic heterocycles. The van der Waals surface area contributed by atoms with Gasteiger partial charge >= 0.3 is 0 Å². The summed E-state index contributed by atoms with van der Waals surface area (Å²) in [5, 5.41) is 5.87. The highest BCUT2D eigenvalue weighted by atomic mass is 32.1. The number of ether oxygens (including phenoxy) is 1. The molecule has 0 aliphatic carbocycles. The highest BCUT2D eigenvalue weighted by Crippen LogP contribution is 2.26. The average molecular weight is 417 g/mol. The monoisotopic (exact) mass is 417 g/mol. The van der Waals surface area contributed by atoms with Crippen LogP contribution >= 0.6 is 12.2 Å². The normalized spacial score (nSPS) is 10.6. The Morgan fingerprint density at radius 2 is 1.90 bits per heavy atom. The first-order valence-electron chi connectivity index (χ1n) is 9.26. The minimum Gasteiger partial charge on any atom is -0.496 e. The summed E-state index contributed by atoms with van der Waals surface area (Å²) in [5.74, 6) is 0.643. The van der Waals surface area contributed by atoms with Crippen LogP contribution in [0.5, 0.6) is 5.75 Å². The quantitative estimate of drug-likeness (QED) is 0.458. The average Bonchev–Trinajstić information content (AvgIpc) is 3.17. The van der Waals surface area contributed by atoms with Gasteiger partial charge in [0.25, 0.3) is 5.91 Å². The van der Waals surface area contributed by atoms with Gasteiger partial charge in [-0.2, -0.15) is 0 Å². The Kier molecular flexibility index (Phi) is 5.45. The molecule has 1 heterocycles. The van der Waals surface area contributed by atoms with Crippen LogP contribution in [0.3, 0.4) is 0 Å². The molecule has 30 heavy (non-hydrogen) atoms. The standard InChI is InChI=1S/C23H19N3O3S/c1-14-10-11-20-18(12-14)25-22(29-20)15-6-5-7-16(13-15)24-23(30)26-21(27)17-8-3-4-9-19(17)28-2/h3-13H,1-2H3,(H2,24,26,27,30). The third-order valence-corrected chi connectivity index (χ3v) is 4.69. The van der Waals surface area contributed by atoms with Crippen molar-refractivity contribution < 1.29 is 13.9 Å². The first-order chi connectivity index (χ1) is 14.5. The van der Waals surface area contributed by atoms with Gasteiger partial charge in [0.15, 0.2) is 10.7 Å². The number of para-hydroxylation sites is 1. The van der Waals surface area contributed by atoms with Gasteiger partial charge < -0.3 is 14.5 Å². The zero-order valence-corrected chi connectivity index (χ0v) is 17.2. The molecular formula is C23H19N3O3S. The maximum Gasteiger partial charge on any atom is 0.261 e. The molecule has 4 aromatic rings. The molecule has 0 radical (unpaired) electrons. The number of hydrogen-bond acceptors (Lipinski definition) is 5. The Morgan fingerprint density at radius 1 is 1.07 bits per heavy atom. The van der Waals surface area contributed by atoms with E-state index < -0.39 is 0 Å². The summed E-state index contributed by atoms with van der Waals surface area (Å²) in [7, 11) is 1.52. The topological polar surface area (TPSA) is 76.4 Å². The van der Waals surface area contributed by atoms with Crippen LogP contribution in [-0.2, 0) is 0 Å². The Labute approximate surface area is 178 Å². The number of fused-ring (bicyclic) bond motifs is 1. The van der Waals surface area contributed by atoms with Crippen LogP contribution in [0.15, 0.2) is 71.1 Å². The van der Waals surface area contributed by atoms with E-state index in [1.54, 1.807) is 24.3 Å². The first kappa shape index (κ1) is 19.6. The van der Waals surface area contributed by atoms with E-state index in [1.807, 2.05) is 49.4 Å². The Bertz CT molecular complexity index is 1250. The zero-order chi connectivity index (χ0) is 21.1. The molecule has 1 amide bonds. The SMILES string of the molecule is COc1ccccc1C(=O)NC(=S)Nc1cccc(-c2nc3cc(C)ccc3o2)c1. The summed E-state index contributed by atoms with van der Waals surface area (Å²) < 4.78 is 11.1. The van der Waals surface area contributed by atoms with E-state index in [0.717, 1.165) is 22.2 Å². The molecule has 3 aromatic carbocycles. The number of methoxy groups -OCH3 is 1. The smallest absolute Gasteiger partial charge is 0.261 e. The van der Waals surface area contributed by atoms with E-state index in [2.05, 4.69) is 15.6 Å². The lowest BCUT2D eigenvalue weighted by Gasteiger charge is -2.12. The lowest BCUT2D eigenvalue weighted by atomic mass is 10.2. The van der Waals surface area contributed by atoms with Crippen LogP contribution in [0.2, 0.25) is 0 Å². The molecule has 0 saturated carbocycles. The number of amides is 1. The predicted octanol–water partition coefficient (Wildman–Crippen LogP) is 4.94. The summed E-state index contributed by atoms with van der Waals surface area (Å²) in [6.45, 7) is 2.01. The van der Waals surface area contributed by atoms with Crippen molar-refractivity contribution in [3.8, 4) is 17.2 Å². The van der Waals surface area contributed by atoms with Crippen LogP contribution in [0, 0.1) is 6.92 Å². The van der Waals surface area contributed by atoms with E-state index in [9.17, 15) is 4.79 Å². The second-order valence-electron chi connectivity index (χ2n) is 6.68. The number of hydrogen-bond donors (Lipinski definition) is 2. The van der Waals surface area contributed by atoms with Gasteiger partial charge in [0.1, 0.15) is 11.3 Å². The predicted molar refractivity (Wildman–Crippen MR) is 121 cm³/mol. The third-order valence-electron chi connectivity index (χ3n) is 4.49. The molecule has 2 N–H and O–H groups in total. The van der Waals surface area contributed by atoms with Gasteiger partial charge in [-0.25, -0.2) is 4.98 Å². The van der Waals surface area contributed by atoms with Crippen LogP contribution in [0.1, 0.15) is 15.9 Å². The Morgan fingerprint density at radius 3 is 2.73 bits per heavy atom. The number of oxazole rings is 1. The highest BCUT2D eigenvalue weighted by Gasteiger charge is 2.14. The lowest BCUT2D eigenvalue weighted by Crippen LogP contribution is -2.34. The van der Waals surface area contributed by atoms with Gasteiger partial charge in [0, 0.05) is 11.3 Å². The highest BCUT2D eigenvalue weighted by molar-refractivity contribution is 7.80. The summed E-state index contributed by atoms with van der Waals surface area (Å²) in [6, 6.07) is 20.3. The van der Waals surface area contributed by atoms with Gasteiger partial charge in [-0.05, 0) is 67.2 Å². The van der Waals surface area contributed by atoms with Gasteiger partial charge in [-0.15, -0.1) is 0 Å². The molecule has 7 heteroatoms. The number of aryl methyl sites for hydroxylation is 1. The Balaban J connectivity index is 1.49. The fourth-order valence-corrected chi connectivity index (χ4v) is 3.27. The Hall–Kier alpha value is -3.71. The van der Waals surface area contributed by atoms with Crippen LogP contribution in [0.4, 0.5) is 5.69 Å². The number of benzene rings is 3. The lowest BCUT2D eigenvalue weighted by molar-refractivity contribution is 0.0975. The fourth-order valence-electron chi connectivity index (χ4n) is 3.06. The molecule has 0 bridgehead atoms. The number of nitrogens with zero attached hydrogens (tertiary/aromatic N) is 1.